The van der Waals surface area contributed by atoms with E-state index in [1.165, 1.54) is 19.3 Å². The van der Waals surface area contributed by atoms with E-state index in [4.69, 9.17) is 4.42 Å². The third-order valence-electron chi connectivity index (χ3n) is 3.16. The first-order valence-corrected chi connectivity index (χ1v) is 5.57. The minimum absolute atomic E-state index is 0.644. The molecule has 1 aromatic rings. The Morgan fingerprint density at radius 1 is 1.43 bits per heavy atom. The van der Waals surface area contributed by atoms with Gasteiger partial charge in [0, 0.05) is 5.92 Å². The van der Waals surface area contributed by atoms with Crippen LogP contribution in [0.25, 0.3) is 0 Å². The first-order valence-electron chi connectivity index (χ1n) is 5.57. The lowest BCUT2D eigenvalue weighted by atomic mass is 10.0. The molecule has 0 amide bonds. The first kappa shape index (κ1) is 8.48. The second kappa shape index (κ2) is 3.39. The van der Waals surface area contributed by atoms with Crippen LogP contribution in [0.3, 0.4) is 0 Å². The van der Waals surface area contributed by atoms with Crippen LogP contribution in [-0.4, -0.2) is 18.1 Å². The molecule has 0 radical (unpaired) electrons. The molecule has 1 aliphatic carbocycles. The van der Waals surface area contributed by atoms with Gasteiger partial charge in [-0.05, 0) is 44.7 Å². The summed E-state index contributed by atoms with van der Waals surface area (Å²) < 4.78 is 5.47. The van der Waals surface area contributed by atoms with Gasteiger partial charge in [0.25, 0.3) is 0 Å². The number of nitrogens with zero attached hydrogens (tertiary/aromatic N) is 1. The smallest absolute Gasteiger partial charge is 0.197 e. The van der Waals surface area contributed by atoms with Crippen LogP contribution in [0.15, 0.2) is 10.7 Å². The lowest BCUT2D eigenvalue weighted by molar-refractivity contribution is 0.495. The number of hydrogen-bond donors (Lipinski definition) is 1. The van der Waals surface area contributed by atoms with E-state index >= 15 is 0 Å². The van der Waals surface area contributed by atoms with Gasteiger partial charge in [-0.15, -0.1) is 0 Å². The highest BCUT2D eigenvalue weighted by Crippen LogP contribution is 2.39. The summed E-state index contributed by atoms with van der Waals surface area (Å²) in [5.41, 5.74) is 1.15. The Labute approximate surface area is 83.9 Å². The standard InChI is InChI=1S/C11H16N2O/c1-2-9(1)11-13-10(7-14-11)5-8-3-4-12-6-8/h7-9,12H,1-6H2. The normalized spacial score (nSPS) is 27.0. The molecular formula is C11H16N2O. The summed E-state index contributed by atoms with van der Waals surface area (Å²) in [4.78, 5) is 4.54. The van der Waals surface area contributed by atoms with Crippen LogP contribution in [0, 0.1) is 5.92 Å². The lowest BCUT2D eigenvalue weighted by Gasteiger charge is -2.03. The molecular weight excluding hydrogens is 176 g/mol. The van der Waals surface area contributed by atoms with Crippen LogP contribution < -0.4 is 5.32 Å². The van der Waals surface area contributed by atoms with Crippen LogP contribution in [0.1, 0.15) is 36.8 Å². The maximum atomic E-state index is 5.47. The molecule has 1 atom stereocenters. The maximum Gasteiger partial charge on any atom is 0.197 e. The van der Waals surface area contributed by atoms with Crippen LogP contribution >= 0.6 is 0 Å². The second-order valence-electron chi connectivity index (χ2n) is 4.51. The molecule has 0 spiro atoms. The topological polar surface area (TPSA) is 38.1 Å². The number of nitrogens with one attached hydrogen (secondary N) is 1. The number of aromatic nitrogens is 1. The molecule has 3 heteroatoms. The lowest BCUT2D eigenvalue weighted by Crippen LogP contribution is -2.10. The predicted molar refractivity (Wildman–Crippen MR) is 53.2 cm³/mol. The molecule has 3 rings (SSSR count). The van der Waals surface area contributed by atoms with Gasteiger partial charge in [-0.2, -0.15) is 0 Å². The fraction of sp³-hybridized carbons (Fsp3) is 0.727. The van der Waals surface area contributed by atoms with Crippen molar-refractivity contribution in [2.75, 3.05) is 13.1 Å². The van der Waals surface area contributed by atoms with E-state index in [1.807, 2.05) is 6.26 Å². The molecule has 1 unspecified atom stereocenters. The zero-order chi connectivity index (χ0) is 9.38. The molecule has 14 heavy (non-hydrogen) atoms. The van der Waals surface area contributed by atoms with Gasteiger partial charge >= 0.3 is 0 Å². The Kier molecular flexibility index (Phi) is 2.05. The van der Waals surface area contributed by atoms with E-state index in [0.29, 0.717) is 5.92 Å². The van der Waals surface area contributed by atoms with E-state index in [2.05, 4.69) is 10.3 Å². The van der Waals surface area contributed by atoms with Gasteiger partial charge in [0.1, 0.15) is 6.26 Å². The van der Waals surface area contributed by atoms with Crippen molar-refractivity contribution in [1.82, 2.24) is 10.3 Å². The van der Waals surface area contributed by atoms with E-state index < -0.39 is 0 Å². The second-order valence-corrected chi connectivity index (χ2v) is 4.51. The number of oxazole rings is 1. The molecule has 1 saturated heterocycles. The third-order valence-corrected chi connectivity index (χ3v) is 3.16. The SMILES string of the molecule is c1oc(C2CC2)nc1CC1CCNC1. The Morgan fingerprint density at radius 2 is 2.36 bits per heavy atom. The molecule has 76 valence electrons. The van der Waals surface area contributed by atoms with E-state index in [0.717, 1.165) is 37.0 Å². The summed E-state index contributed by atoms with van der Waals surface area (Å²) in [6.45, 7) is 2.31. The molecule has 1 aliphatic heterocycles. The zero-order valence-corrected chi connectivity index (χ0v) is 8.33. The van der Waals surface area contributed by atoms with Crippen LogP contribution in [-0.2, 0) is 6.42 Å². The molecule has 2 heterocycles. The average molecular weight is 192 g/mol. The highest BCUT2D eigenvalue weighted by atomic mass is 16.3. The summed E-state index contributed by atoms with van der Waals surface area (Å²) in [6.07, 6.45) is 6.76. The monoisotopic (exact) mass is 192 g/mol. The Balaban J connectivity index is 1.64. The van der Waals surface area contributed by atoms with Crippen molar-refractivity contribution in [3.8, 4) is 0 Å². The number of hydrogen-bond acceptors (Lipinski definition) is 3. The molecule has 0 aromatic carbocycles. The van der Waals surface area contributed by atoms with Crippen molar-refractivity contribution in [3.63, 3.8) is 0 Å². The van der Waals surface area contributed by atoms with Gasteiger partial charge in [-0.25, -0.2) is 4.98 Å². The van der Waals surface area contributed by atoms with Crippen LogP contribution in [0.4, 0.5) is 0 Å². The van der Waals surface area contributed by atoms with Gasteiger partial charge in [0.2, 0.25) is 0 Å². The highest BCUT2D eigenvalue weighted by Gasteiger charge is 2.28. The first-order chi connectivity index (χ1) is 6.92. The average Bonchev–Trinajstić information content (AvgIpc) is 2.75. The van der Waals surface area contributed by atoms with E-state index in [1.54, 1.807) is 0 Å². The van der Waals surface area contributed by atoms with E-state index in [-0.39, 0.29) is 0 Å². The summed E-state index contributed by atoms with van der Waals surface area (Å²) in [5.74, 6) is 2.39. The Hall–Kier alpha value is -0.830. The van der Waals surface area contributed by atoms with Crippen LogP contribution in [0.5, 0.6) is 0 Å². The van der Waals surface area contributed by atoms with Gasteiger partial charge in [-0.3, -0.25) is 0 Å². The molecule has 1 N–H and O–H groups in total. The Morgan fingerprint density at radius 3 is 3.07 bits per heavy atom. The van der Waals surface area contributed by atoms with Crippen molar-refractivity contribution < 1.29 is 4.42 Å². The molecule has 2 fully saturated rings. The number of rotatable bonds is 3. The molecule has 2 aliphatic rings. The van der Waals surface area contributed by atoms with Crippen LogP contribution in [0.2, 0.25) is 0 Å². The van der Waals surface area contributed by atoms with Crippen molar-refractivity contribution in [1.29, 1.82) is 0 Å². The minimum atomic E-state index is 0.644. The van der Waals surface area contributed by atoms with Gasteiger partial charge < -0.3 is 9.73 Å². The summed E-state index contributed by atoms with van der Waals surface area (Å²) in [5, 5.41) is 3.38. The fourth-order valence-corrected chi connectivity index (χ4v) is 2.12. The third kappa shape index (κ3) is 1.69. The van der Waals surface area contributed by atoms with Crippen molar-refractivity contribution in [3.05, 3.63) is 17.8 Å². The molecule has 1 saturated carbocycles. The summed E-state index contributed by atoms with van der Waals surface area (Å²) >= 11 is 0. The Bertz CT molecular complexity index is 311. The van der Waals surface area contributed by atoms with E-state index in [9.17, 15) is 0 Å². The maximum absolute atomic E-state index is 5.47. The minimum Gasteiger partial charge on any atom is -0.448 e. The zero-order valence-electron chi connectivity index (χ0n) is 8.33. The largest absolute Gasteiger partial charge is 0.448 e. The molecule has 3 nitrogen and oxygen atoms in total. The van der Waals surface area contributed by atoms with Gasteiger partial charge in [0.05, 0.1) is 5.69 Å². The predicted octanol–water partition coefficient (Wildman–Crippen LogP) is 1.70. The fourth-order valence-electron chi connectivity index (χ4n) is 2.12. The summed E-state index contributed by atoms with van der Waals surface area (Å²) in [6, 6.07) is 0. The highest BCUT2D eigenvalue weighted by molar-refractivity contribution is 5.07. The van der Waals surface area contributed by atoms with Crippen molar-refractivity contribution >= 4 is 0 Å². The van der Waals surface area contributed by atoms with Crippen molar-refractivity contribution in [2.45, 2.75) is 31.6 Å². The van der Waals surface area contributed by atoms with Gasteiger partial charge in [-0.1, -0.05) is 0 Å². The quantitative estimate of drug-likeness (QED) is 0.792. The van der Waals surface area contributed by atoms with Crippen molar-refractivity contribution in [2.24, 2.45) is 5.92 Å². The molecule has 0 bridgehead atoms. The van der Waals surface area contributed by atoms with Gasteiger partial charge in [0.15, 0.2) is 5.89 Å². The summed E-state index contributed by atoms with van der Waals surface area (Å²) in [7, 11) is 0. The molecule has 1 aromatic heterocycles.